The van der Waals surface area contributed by atoms with E-state index in [0.29, 0.717) is 6.04 Å². The van der Waals surface area contributed by atoms with Gasteiger partial charge in [0.05, 0.1) is 6.04 Å². The first kappa shape index (κ1) is 13.9. The first-order valence-corrected chi connectivity index (χ1v) is 7.40. The molecule has 0 aromatic carbocycles. The number of rotatable bonds is 5. The molecule has 1 unspecified atom stereocenters. The molecule has 3 N–H and O–H groups in total. The Balaban J connectivity index is 1.89. The topological polar surface area (TPSA) is 60.2 Å². The molecule has 0 amide bonds. The number of nitrogens with zero attached hydrogens (tertiary/aromatic N) is 1. The van der Waals surface area contributed by atoms with Crippen molar-refractivity contribution < 1.29 is 4.74 Å². The van der Waals surface area contributed by atoms with Gasteiger partial charge < -0.3 is 15.8 Å². The van der Waals surface area contributed by atoms with Crippen LogP contribution in [0.2, 0.25) is 0 Å². The highest BCUT2D eigenvalue weighted by molar-refractivity contribution is 7.11. The van der Waals surface area contributed by atoms with E-state index in [4.69, 9.17) is 10.5 Å². The van der Waals surface area contributed by atoms with Crippen molar-refractivity contribution in [3.05, 3.63) is 16.1 Å². The molecule has 2 rings (SSSR count). The third-order valence-corrected chi connectivity index (χ3v) is 4.87. The molecule has 0 bridgehead atoms. The van der Waals surface area contributed by atoms with Crippen LogP contribution >= 0.6 is 11.3 Å². The second-order valence-electron chi connectivity index (χ2n) is 5.23. The molecule has 1 atom stereocenters. The van der Waals surface area contributed by atoms with E-state index in [-0.39, 0.29) is 5.41 Å². The van der Waals surface area contributed by atoms with Gasteiger partial charge in [0.25, 0.3) is 0 Å². The van der Waals surface area contributed by atoms with Crippen LogP contribution in [0.3, 0.4) is 0 Å². The zero-order valence-electron chi connectivity index (χ0n) is 11.2. The molecule has 0 saturated carbocycles. The lowest BCUT2D eigenvalue weighted by molar-refractivity contribution is 0.0182. The van der Waals surface area contributed by atoms with Crippen LogP contribution in [0.4, 0.5) is 0 Å². The molecule has 18 heavy (non-hydrogen) atoms. The summed E-state index contributed by atoms with van der Waals surface area (Å²) in [6.07, 6.45) is 4.05. The smallest absolute Gasteiger partial charge is 0.109 e. The van der Waals surface area contributed by atoms with Crippen molar-refractivity contribution in [3.63, 3.8) is 0 Å². The molecule has 1 aliphatic rings. The Bertz CT molecular complexity index is 374. The summed E-state index contributed by atoms with van der Waals surface area (Å²) in [5.41, 5.74) is 6.17. The van der Waals surface area contributed by atoms with Gasteiger partial charge in [-0.05, 0) is 38.6 Å². The van der Waals surface area contributed by atoms with Gasteiger partial charge in [0.1, 0.15) is 5.01 Å². The van der Waals surface area contributed by atoms with Crippen LogP contribution in [-0.2, 0) is 4.74 Å². The minimum atomic E-state index is 0.207. The quantitative estimate of drug-likeness (QED) is 0.856. The molecular weight excluding hydrogens is 246 g/mol. The van der Waals surface area contributed by atoms with Crippen molar-refractivity contribution in [3.8, 4) is 0 Å². The molecule has 2 heterocycles. The van der Waals surface area contributed by atoms with E-state index in [1.54, 1.807) is 11.3 Å². The number of ether oxygens (including phenoxy) is 1. The molecular formula is C13H23N3OS. The molecule has 102 valence electrons. The molecule has 0 aliphatic carbocycles. The molecule has 1 aromatic heterocycles. The predicted octanol–water partition coefficient (Wildman–Crippen LogP) is 1.86. The van der Waals surface area contributed by atoms with Crippen LogP contribution in [0, 0.1) is 12.3 Å². The Morgan fingerprint density at radius 2 is 2.28 bits per heavy atom. The van der Waals surface area contributed by atoms with Crippen LogP contribution < -0.4 is 11.1 Å². The van der Waals surface area contributed by atoms with Gasteiger partial charge in [-0.25, -0.2) is 4.98 Å². The Morgan fingerprint density at radius 3 is 2.83 bits per heavy atom. The van der Waals surface area contributed by atoms with Crippen molar-refractivity contribution in [2.24, 2.45) is 11.1 Å². The Morgan fingerprint density at radius 1 is 1.56 bits per heavy atom. The molecule has 1 aliphatic heterocycles. The van der Waals surface area contributed by atoms with E-state index in [1.165, 1.54) is 4.88 Å². The first-order valence-electron chi connectivity index (χ1n) is 6.59. The SMILES string of the molecule is Cc1cnc(C(C)NCC2(CN)CCOCC2)s1. The van der Waals surface area contributed by atoms with Gasteiger partial charge in [0.15, 0.2) is 0 Å². The summed E-state index contributed by atoms with van der Waals surface area (Å²) in [5, 5.41) is 4.75. The van der Waals surface area contributed by atoms with Crippen molar-refractivity contribution >= 4 is 11.3 Å². The van der Waals surface area contributed by atoms with Crippen molar-refractivity contribution in [1.29, 1.82) is 0 Å². The zero-order valence-corrected chi connectivity index (χ0v) is 12.1. The van der Waals surface area contributed by atoms with Crippen LogP contribution in [0.5, 0.6) is 0 Å². The van der Waals surface area contributed by atoms with E-state index in [2.05, 4.69) is 24.1 Å². The van der Waals surface area contributed by atoms with Gasteiger partial charge in [-0.15, -0.1) is 11.3 Å². The maximum atomic E-state index is 5.96. The van der Waals surface area contributed by atoms with E-state index >= 15 is 0 Å². The summed E-state index contributed by atoms with van der Waals surface area (Å²) < 4.78 is 5.43. The predicted molar refractivity (Wildman–Crippen MR) is 74.8 cm³/mol. The third-order valence-electron chi connectivity index (χ3n) is 3.78. The highest BCUT2D eigenvalue weighted by Gasteiger charge is 2.31. The van der Waals surface area contributed by atoms with Gasteiger partial charge in [-0.2, -0.15) is 0 Å². The fourth-order valence-electron chi connectivity index (χ4n) is 2.29. The van der Waals surface area contributed by atoms with Crippen molar-refractivity contribution in [2.45, 2.75) is 32.7 Å². The highest BCUT2D eigenvalue weighted by atomic mass is 32.1. The second-order valence-corrected chi connectivity index (χ2v) is 6.49. The lowest BCUT2D eigenvalue weighted by Gasteiger charge is -2.37. The fraction of sp³-hybridized carbons (Fsp3) is 0.769. The number of hydrogen-bond acceptors (Lipinski definition) is 5. The Hall–Kier alpha value is -0.490. The monoisotopic (exact) mass is 269 g/mol. The van der Waals surface area contributed by atoms with Gasteiger partial charge in [-0.3, -0.25) is 0 Å². The molecule has 0 spiro atoms. The van der Waals surface area contributed by atoms with Crippen LogP contribution in [0.15, 0.2) is 6.20 Å². The van der Waals surface area contributed by atoms with Gasteiger partial charge in [0.2, 0.25) is 0 Å². The van der Waals surface area contributed by atoms with Crippen molar-refractivity contribution in [2.75, 3.05) is 26.3 Å². The number of thiazole rings is 1. The zero-order chi connectivity index (χ0) is 13.0. The molecule has 0 radical (unpaired) electrons. The second kappa shape index (κ2) is 6.10. The number of aromatic nitrogens is 1. The maximum Gasteiger partial charge on any atom is 0.109 e. The summed E-state index contributed by atoms with van der Waals surface area (Å²) in [5.74, 6) is 0. The number of hydrogen-bond donors (Lipinski definition) is 2. The average Bonchev–Trinajstić information content (AvgIpc) is 2.84. The third kappa shape index (κ3) is 3.29. The number of aryl methyl sites for hydroxylation is 1. The molecule has 4 nitrogen and oxygen atoms in total. The normalized spacial score (nSPS) is 20.8. The minimum absolute atomic E-state index is 0.207. The summed E-state index contributed by atoms with van der Waals surface area (Å²) in [4.78, 5) is 5.69. The summed E-state index contributed by atoms with van der Waals surface area (Å²) in [6.45, 7) is 7.61. The molecule has 1 fully saturated rings. The van der Waals surface area contributed by atoms with Gasteiger partial charge >= 0.3 is 0 Å². The van der Waals surface area contributed by atoms with Gasteiger partial charge in [0, 0.05) is 30.8 Å². The Labute approximate surface area is 113 Å². The number of nitrogens with two attached hydrogens (primary N) is 1. The summed E-state index contributed by atoms with van der Waals surface area (Å²) in [7, 11) is 0. The first-order chi connectivity index (χ1) is 8.65. The number of nitrogens with one attached hydrogen (secondary N) is 1. The summed E-state index contributed by atoms with van der Waals surface area (Å²) >= 11 is 1.76. The molecule has 1 saturated heterocycles. The standard InChI is InChI=1S/C13H23N3OS/c1-10-7-15-12(18-10)11(2)16-9-13(8-14)3-5-17-6-4-13/h7,11,16H,3-6,8-9,14H2,1-2H3. The highest BCUT2D eigenvalue weighted by Crippen LogP contribution is 2.29. The van der Waals surface area contributed by atoms with E-state index < -0.39 is 0 Å². The van der Waals surface area contributed by atoms with Gasteiger partial charge in [-0.1, -0.05) is 0 Å². The summed E-state index contributed by atoms with van der Waals surface area (Å²) in [6, 6.07) is 0.301. The van der Waals surface area contributed by atoms with E-state index in [9.17, 15) is 0 Å². The van der Waals surface area contributed by atoms with Crippen molar-refractivity contribution in [1.82, 2.24) is 10.3 Å². The average molecular weight is 269 g/mol. The maximum absolute atomic E-state index is 5.96. The molecule has 1 aromatic rings. The fourth-order valence-corrected chi connectivity index (χ4v) is 3.09. The van der Waals surface area contributed by atoms with Crippen LogP contribution in [-0.4, -0.2) is 31.3 Å². The lowest BCUT2D eigenvalue weighted by atomic mass is 9.80. The Kier molecular flexibility index (Phi) is 4.72. The lowest BCUT2D eigenvalue weighted by Crippen LogP contribution is -2.44. The largest absolute Gasteiger partial charge is 0.381 e. The van der Waals surface area contributed by atoms with E-state index in [1.807, 2.05) is 6.20 Å². The van der Waals surface area contributed by atoms with E-state index in [0.717, 1.165) is 44.2 Å². The molecule has 5 heteroatoms. The van der Waals surface area contributed by atoms with Crippen LogP contribution in [0.25, 0.3) is 0 Å². The van der Waals surface area contributed by atoms with Crippen LogP contribution in [0.1, 0.15) is 35.7 Å². The minimum Gasteiger partial charge on any atom is -0.381 e.